The maximum absolute atomic E-state index is 8.76. The van der Waals surface area contributed by atoms with E-state index in [1.54, 1.807) is 16.8 Å². The molecule has 0 bridgehead atoms. The summed E-state index contributed by atoms with van der Waals surface area (Å²) in [6.07, 6.45) is 1.89. The van der Waals surface area contributed by atoms with Gasteiger partial charge in [-0.25, -0.2) is 0 Å². The number of aryl methyl sites for hydroxylation is 1. The van der Waals surface area contributed by atoms with E-state index < -0.39 is 0 Å². The molecule has 0 amide bonds. The smallest absolute Gasteiger partial charge is 0.101 e. The van der Waals surface area contributed by atoms with Crippen molar-refractivity contribution in [3.63, 3.8) is 0 Å². The number of nitriles is 1. The summed E-state index contributed by atoms with van der Waals surface area (Å²) in [5.74, 6) is 0. The molecule has 0 saturated carbocycles. The molecule has 86 valence electrons. The van der Waals surface area contributed by atoms with Crippen LogP contribution in [0.3, 0.4) is 0 Å². The average molecular weight is 227 g/mol. The Hall–Kier alpha value is -2.48. The standard InChI is InChI=1S/C12H13N5/c1-17-5-4-11(16-17)8-15-10-3-2-9(7-13)12(14)6-10/h2-6,15H,8,14H2,1H3. The Morgan fingerprint density at radius 2 is 2.29 bits per heavy atom. The van der Waals surface area contributed by atoms with Crippen molar-refractivity contribution >= 4 is 11.4 Å². The SMILES string of the molecule is Cn1ccc(CNc2ccc(C#N)c(N)c2)n1. The number of nitrogens with two attached hydrogens (primary N) is 1. The lowest BCUT2D eigenvalue weighted by Crippen LogP contribution is -2.02. The van der Waals surface area contributed by atoms with Gasteiger partial charge in [-0.05, 0) is 24.3 Å². The number of aromatic nitrogens is 2. The second-order valence-electron chi connectivity index (χ2n) is 3.75. The van der Waals surface area contributed by atoms with Gasteiger partial charge in [-0.2, -0.15) is 10.4 Å². The Bertz CT molecular complexity index is 565. The molecule has 0 aliphatic rings. The molecular formula is C12H13N5. The quantitative estimate of drug-likeness (QED) is 0.778. The summed E-state index contributed by atoms with van der Waals surface area (Å²) in [6, 6.07) is 9.26. The fraction of sp³-hybridized carbons (Fsp3) is 0.167. The molecule has 0 fully saturated rings. The zero-order chi connectivity index (χ0) is 12.3. The fourth-order valence-electron chi connectivity index (χ4n) is 1.52. The minimum Gasteiger partial charge on any atom is -0.398 e. The second-order valence-corrected chi connectivity index (χ2v) is 3.75. The van der Waals surface area contributed by atoms with E-state index in [1.165, 1.54) is 0 Å². The van der Waals surface area contributed by atoms with Crippen LogP contribution in [0.4, 0.5) is 11.4 Å². The van der Waals surface area contributed by atoms with Crippen molar-refractivity contribution in [2.45, 2.75) is 6.54 Å². The number of nitrogens with zero attached hydrogens (tertiary/aromatic N) is 3. The van der Waals surface area contributed by atoms with Crippen LogP contribution in [0.5, 0.6) is 0 Å². The number of anilines is 2. The van der Waals surface area contributed by atoms with Crippen LogP contribution in [-0.4, -0.2) is 9.78 Å². The van der Waals surface area contributed by atoms with E-state index in [0.717, 1.165) is 11.4 Å². The van der Waals surface area contributed by atoms with Gasteiger partial charge in [0, 0.05) is 18.9 Å². The maximum Gasteiger partial charge on any atom is 0.101 e. The minimum absolute atomic E-state index is 0.485. The van der Waals surface area contributed by atoms with Gasteiger partial charge in [-0.1, -0.05) is 0 Å². The summed E-state index contributed by atoms with van der Waals surface area (Å²) in [5, 5.41) is 16.2. The topological polar surface area (TPSA) is 79.7 Å². The van der Waals surface area contributed by atoms with Crippen LogP contribution >= 0.6 is 0 Å². The summed E-state index contributed by atoms with van der Waals surface area (Å²) in [7, 11) is 1.88. The van der Waals surface area contributed by atoms with E-state index in [4.69, 9.17) is 11.0 Å². The lowest BCUT2D eigenvalue weighted by molar-refractivity contribution is 0.747. The predicted octanol–water partition coefficient (Wildman–Crippen LogP) is 1.49. The highest BCUT2D eigenvalue weighted by atomic mass is 15.3. The molecule has 0 unspecified atom stereocenters. The first-order valence-corrected chi connectivity index (χ1v) is 5.21. The number of nitrogens with one attached hydrogen (secondary N) is 1. The maximum atomic E-state index is 8.76. The Balaban J connectivity index is 2.05. The van der Waals surface area contributed by atoms with E-state index in [-0.39, 0.29) is 0 Å². The highest BCUT2D eigenvalue weighted by Gasteiger charge is 2.01. The van der Waals surface area contributed by atoms with Crippen LogP contribution in [0.2, 0.25) is 0 Å². The molecule has 0 aliphatic carbocycles. The van der Waals surface area contributed by atoms with Crippen LogP contribution in [-0.2, 0) is 13.6 Å². The van der Waals surface area contributed by atoms with Gasteiger partial charge in [0.15, 0.2) is 0 Å². The highest BCUT2D eigenvalue weighted by Crippen LogP contribution is 2.17. The van der Waals surface area contributed by atoms with Gasteiger partial charge in [-0.3, -0.25) is 4.68 Å². The molecule has 1 heterocycles. The van der Waals surface area contributed by atoms with Gasteiger partial charge in [-0.15, -0.1) is 0 Å². The highest BCUT2D eigenvalue weighted by molar-refractivity contribution is 5.62. The fourth-order valence-corrected chi connectivity index (χ4v) is 1.52. The molecule has 0 spiro atoms. The van der Waals surface area contributed by atoms with Crippen molar-refractivity contribution in [3.05, 3.63) is 41.7 Å². The third-order valence-corrected chi connectivity index (χ3v) is 2.41. The molecule has 1 aromatic heterocycles. The van der Waals surface area contributed by atoms with Gasteiger partial charge < -0.3 is 11.1 Å². The molecule has 0 aliphatic heterocycles. The molecule has 0 atom stereocenters. The van der Waals surface area contributed by atoms with E-state index >= 15 is 0 Å². The lowest BCUT2D eigenvalue weighted by atomic mass is 10.2. The van der Waals surface area contributed by atoms with E-state index in [0.29, 0.717) is 17.8 Å². The van der Waals surface area contributed by atoms with E-state index in [9.17, 15) is 0 Å². The number of hydrogen-bond donors (Lipinski definition) is 2. The molecule has 3 N–H and O–H groups in total. The van der Waals surface area contributed by atoms with Gasteiger partial charge in [0.1, 0.15) is 6.07 Å². The zero-order valence-corrected chi connectivity index (χ0v) is 9.51. The number of nitrogen functional groups attached to an aromatic ring is 1. The summed E-state index contributed by atoms with van der Waals surface area (Å²) in [4.78, 5) is 0. The lowest BCUT2D eigenvalue weighted by Gasteiger charge is -2.06. The Kier molecular flexibility index (Phi) is 2.97. The Morgan fingerprint density at radius 3 is 2.88 bits per heavy atom. The molecule has 5 heteroatoms. The third-order valence-electron chi connectivity index (χ3n) is 2.41. The first kappa shape index (κ1) is 11.0. The van der Waals surface area contributed by atoms with Gasteiger partial charge >= 0.3 is 0 Å². The molecule has 17 heavy (non-hydrogen) atoms. The molecular weight excluding hydrogens is 214 g/mol. The van der Waals surface area contributed by atoms with Crippen molar-refractivity contribution in [2.75, 3.05) is 11.1 Å². The zero-order valence-electron chi connectivity index (χ0n) is 9.51. The second kappa shape index (κ2) is 4.58. The largest absolute Gasteiger partial charge is 0.398 e. The minimum atomic E-state index is 0.485. The monoisotopic (exact) mass is 227 g/mol. The molecule has 5 nitrogen and oxygen atoms in total. The van der Waals surface area contributed by atoms with Crippen molar-refractivity contribution < 1.29 is 0 Å². The Labute approximate surface area is 99.5 Å². The van der Waals surface area contributed by atoms with Crippen molar-refractivity contribution in [1.29, 1.82) is 5.26 Å². The predicted molar refractivity (Wildman–Crippen MR) is 66.1 cm³/mol. The molecule has 0 saturated heterocycles. The number of rotatable bonds is 3. The van der Waals surface area contributed by atoms with Crippen molar-refractivity contribution in [1.82, 2.24) is 9.78 Å². The molecule has 2 aromatic rings. The van der Waals surface area contributed by atoms with Gasteiger partial charge in [0.25, 0.3) is 0 Å². The summed E-state index contributed by atoms with van der Waals surface area (Å²) in [6.45, 7) is 0.631. The van der Waals surface area contributed by atoms with E-state index in [2.05, 4.69) is 10.4 Å². The van der Waals surface area contributed by atoms with E-state index in [1.807, 2.05) is 31.4 Å². The summed E-state index contributed by atoms with van der Waals surface area (Å²) in [5.41, 5.74) is 8.54. The molecule has 0 radical (unpaired) electrons. The average Bonchev–Trinajstić information content (AvgIpc) is 2.73. The van der Waals surface area contributed by atoms with Crippen LogP contribution in [0.1, 0.15) is 11.3 Å². The van der Waals surface area contributed by atoms with Crippen LogP contribution < -0.4 is 11.1 Å². The normalized spacial score (nSPS) is 9.88. The van der Waals surface area contributed by atoms with Crippen LogP contribution in [0.25, 0.3) is 0 Å². The number of benzene rings is 1. The van der Waals surface area contributed by atoms with Gasteiger partial charge in [0.05, 0.1) is 23.5 Å². The molecule has 2 rings (SSSR count). The van der Waals surface area contributed by atoms with Crippen LogP contribution in [0.15, 0.2) is 30.5 Å². The Morgan fingerprint density at radius 1 is 1.47 bits per heavy atom. The van der Waals surface area contributed by atoms with Crippen LogP contribution in [0, 0.1) is 11.3 Å². The summed E-state index contributed by atoms with van der Waals surface area (Å²) < 4.78 is 1.75. The first-order chi connectivity index (χ1) is 8.19. The third kappa shape index (κ3) is 2.55. The number of hydrogen-bond acceptors (Lipinski definition) is 4. The van der Waals surface area contributed by atoms with Crippen molar-refractivity contribution in [2.24, 2.45) is 7.05 Å². The van der Waals surface area contributed by atoms with Gasteiger partial charge in [0.2, 0.25) is 0 Å². The first-order valence-electron chi connectivity index (χ1n) is 5.21. The molecule has 1 aromatic carbocycles. The van der Waals surface area contributed by atoms with Crippen molar-refractivity contribution in [3.8, 4) is 6.07 Å². The summed E-state index contributed by atoms with van der Waals surface area (Å²) >= 11 is 0.